The van der Waals surface area contributed by atoms with E-state index in [2.05, 4.69) is 27.7 Å². The van der Waals surface area contributed by atoms with Gasteiger partial charge in [-0.2, -0.15) is 0 Å². The Bertz CT molecular complexity index is 732. The number of carbonyl (C=O) groups excluding carboxylic acids is 1. The molecule has 8 aliphatic rings. The molecule has 0 saturated heterocycles. The van der Waals surface area contributed by atoms with Gasteiger partial charge in [0.1, 0.15) is 0 Å². The van der Waals surface area contributed by atoms with Gasteiger partial charge in [-0.3, -0.25) is 4.79 Å². The van der Waals surface area contributed by atoms with Crippen LogP contribution in [0.5, 0.6) is 0 Å². The number of hydrogen-bond donors (Lipinski definition) is 1. The van der Waals surface area contributed by atoms with E-state index >= 15 is 0 Å². The van der Waals surface area contributed by atoms with Crippen LogP contribution in [0.25, 0.3) is 0 Å². The van der Waals surface area contributed by atoms with Crippen molar-refractivity contribution < 1.29 is 4.79 Å². The lowest BCUT2D eigenvalue weighted by Gasteiger charge is -2.55. The van der Waals surface area contributed by atoms with Crippen LogP contribution in [0.15, 0.2) is 11.1 Å². The van der Waals surface area contributed by atoms with Crippen molar-refractivity contribution in [2.24, 2.45) is 33.8 Å². The molecule has 1 amide bonds. The predicted octanol–water partition coefficient (Wildman–Crippen LogP) is 2.26. The minimum absolute atomic E-state index is 0.0717. The number of hydrogen-bond acceptors (Lipinski definition) is 1. The Hall–Kier alpha value is -0.703. The van der Waals surface area contributed by atoms with Gasteiger partial charge in [0.05, 0.1) is 5.04 Å². The highest BCUT2D eigenvalue weighted by Crippen LogP contribution is 3.41. The van der Waals surface area contributed by atoms with E-state index < -0.39 is 8.41 Å². The summed E-state index contributed by atoms with van der Waals surface area (Å²) >= 11 is 0. The molecule has 1 aliphatic heterocycles. The second-order valence-electron chi connectivity index (χ2n) is 8.48. The summed E-state index contributed by atoms with van der Waals surface area (Å²) in [5, 5.41) is 1.48. The second-order valence-corrected chi connectivity index (χ2v) is 11.8. The molecule has 1 heterocycles. The van der Waals surface area contributed by atoms with Crippen molar-refractivity contribution in [3.8, 4) is 0 Å². The van der Waals surface area contributed by atoms with Crippen LogP contribution in [0.4, 0.5) is 0 Å². The van der Waals surface area contributed by atoms with Gasteiger partial charge in [-0.1, -0.05) is 23.2 Å². The summed E-state index contributed by atoms with van der Waals surface area (Å²) in [5.74, 6) is 1.97. The molecule has 7 fully saturated rings. The lowest BCUT2D eigenvalue weighted by molar-refractivity contribution is -0.128. The second kappa shape index (κ2) is 2.25. The van der Waals surface area contributed by atoms with Crippen LogP contribution < -0.4 is 5.73 Å². The van der Waals surface area contributed by atoms with Crippen molar-refractivity contribution in [3.05, 3.63) is 11.1 Å². The molecule has 104 valence electrons. The van der Waals surface area contributed by atoms with Crippen LogP contribution in [0, 0.1) is 28.1 Å². The molecule has 4 atom stereocenters. The van der Waals surface area contributed by atoms with Crippen LogP contribution in [-0.2, 0) is 4.79 Å². The summed E-state index contributed by atoms with van der Waals surface area (Å²) in [6.07, 6.45) is 2.44. The smallest absolute Gasteiger partial charge is 0.224 e. The van der Waals surface area contributed by atoms with Gasteiger partial charge in [-0.25, -0.2) is 0 Å². The Morgan fingerprint density at radius 1 is 1.20 bits per heavy atom. The SMILES string of the molecule is CC1=C(C)C(C)[Si](C2(C(N)=O)CCC34C5C36C4C526)=C1C. The van der Waals surface area contributed by atoms with Gasteiger partial charge >= 0.3 is 0 Å². The molecule has 20 heavy (non-hydrogen) atoms. The number of carbonyl (C=O) groups is 1. The van der Waals surface area contributed by atoms with E-state index in [1.165, 1.54) is 17.6 Å². The fraction of sp³-hybridized carbons (Fsp3) is 0.765. The molecular formula is C17H21NOSi. The largest absolute Gasteiger partial charge is 0.369 e. The topological polar surface area (TPSA) is 43.1 Å². The summed E-state index contributed by atoms with van der Waals surface area (Å²) in [5.41, 5.74) is 11.7. The molecule has 0 aromatic heterocycles. The van der Waals surface area contributed by atoms with Crippen LogP contribution in [0.1, 0.15) is 40.5 Å². The standard InChI is InChI=1S/C17H21NOSi/c1-7-8(2)10(4)20(9(7)3)15(13(18)19)6-5-14-11-16(14)12(14)17(11,15)16/h9,11-12H,5-6H2,1-4H3,(H2,18,19). The van der Waals surface area contributed by atoms with E-state index in [0.717, 1.165) is 23.7 Å². The molecule has 2 nitrogen and oxygen atoms in total. The molecule has 2 bridgehead atoms. The van der Waals surface area contributed by atoms with E-state index in [-0.39, 0.29) is 10.9 Å². The van der Waals surface area contributed by atoms with Gasteiger partial charge in [0, 0.05) is 8.41 Å². The molecule has 7 aliphatic carbocycles. The van der Waals surface area contributed by atoms with Crippen molar-refractivity contribution >= 4 is 19.5 Å². The van der Waals surface area contributed by atoms with Crippen molar-refractivity contribution in [1.29, 1.82) is 0 Å². The molecule has 0 aromatic rings. The van der Waals surface area contributed by atoms with Crippen LogP contribution in [0.2, 0.25) is 10.6 Å². The Morgan fingerprint density at radius 2 is 1.80 bits per heavy atom. The first-order valence-corrected chi connectivity index (χ1v) is 9.66. The van der Waals surface area contributed by atoms with Crippen molar-refractivity contribution in [2.45, 2.75) is 51.1 Å². The number of primary amides is 1. The maximum absolute atomic E-state index is 12.7. The van der Waals surface area contributed by atoms with E-state index in [9.17, 15) is 4.79 Å². The lowest BCUT2D eigenvalue weighted by atomic mass is 9.57. The lowest BCUT2D eigenvalue weighted by Crippen LogP contribution is -2.57. The van der Waals surface area contributed by atoms with Crippen LogP contribution in [-0.4, -0.2) is 19.5 Å². The quantitative estimate of drug-likeness (QED) is 0.776. The first kappa shape index (κ1) is 10.9. The number of amides is 1. The van der Waals surface area contributed by atoms with Crippen molar-refractivity contribution in [1.82, 2.24) is 0 Å². The predicted molar refractivity (Wildman–Crippen MR) is 79.6 cm³/mol. The average Bonchev–Trinajstić information content (AvgIpc) is 3.28. The average molecular weight is 283 g/mol. The molecule has 3 heteroatoms. The Balaban J connectivity index is 1.58. The fourth-order valence-corrected chi connectivity index (χ4v) is 13.2. The highest BCUT2D eigenvalue weighted by atomic mass is 28.2. The van der Waals surface area contributed by atoms with E-state index in [1.807, 2.05) is 0 Å². The highest BCUT2D eigenvalue weighted by Gasteiger charge is 3.39. The normalized spacial score (nSPS) is 65.9. The van der Waals surface area contributed by atoms with Gasteiger partial charge in [0.25, 0.3) is 0 Å². The van der Waals surface area contributed by atoms with Crippen LogP contribution in [0.3, 0.4) is 0 Å². The van der Waals surface area contributed by atoms with Gasteiger partial charge in [-0.05, 0) is 67.2 Å². The number of allylic oxidation sites excluding steroid dienone is 2. The number of rotatable bonds is 2. The summed E-state index contributed by atoms with van der Waals surface area (Å²) in [6.45, 7) is 9.21. The van der Waals surface area contributed by atoms with Crippen molar-refractivity contribution in [3.63, 3.8) is 0 Å². The molecule has 7 saturated carbocycles. The zero-order valence-corrected chi connectivity index (χ0v) is 13.6. The minimum atomic E-state index is -0.854. The molecule has 0 radical (unpaired) electrons. The monoisotopic (exact) mass is 283 g/mol. The highest BCUT2D eigenvalue weighted by molar-refractivity contribution is 6.82. The van der Waals surface area contributed by atoms with Gasteiger partial charge in [0.15, 0.2) is 0 Å². The third-order valence-corrected chi connectivity index (χ3v) is 13.4. The maximum atomic E-state index is 12.7. The molecule has 0 aromatic carbocycles. The Labute approximate surface area is 121 Å². The summed E-state index contributed by atoms with van der Waals surface area (Å²) in [7, 11) is -0.854. The minimum Gasteiger partial charge on any atom is -0.369 e. The zero-order chi connectivity index (χ0) is 14.0. The van der Waals surface area contributed by atoms with Gasteiger partial charge < -0.3 is 5.73 Å². The summed E-state index contributed by atoms with van der Waals surface area (Å²) < 4.78 is 0. The maximum Gasteiger partial charge on any atom is 0.224 e. The molecular weight excluding hydrogens is 262 g/mol. The zero-order valence-electron chi connectivity index (χ0n) is 12.6. The third-order valence-electron chi connectivity index (χ3n) is 9.11. The molecule has 8 rings (SSSR count). The Morgan fingerprint density at radius 3 is 2.20 bits per heavy atom. The van der Waals surface area contributed by atoms with Gasteiger partial charge in [0.2, 0.25) is 5.91 Å². The van der Waals surface area contributed by atoms with Crippen LogP contribution >= 0.6 is 0 Å². The van der Waals surface area contributed by atoms with E-state index in [0.29, 0.717) is 16.4 Å². The van der Waals surface area contributed by atoms with Crippen molar-refractivity contribution in [2.75, 3.05) is 0 Å². The first-order valence-electron chi connectivity index (χ1n) is 8.09. The van der Waals surface area contributed by atoms with Gasteiger partial charge in [-0.15, -0.1) is 0 Å². The van der Waals surface area contributed by atoms with E-state index in [1.54, 1.807) is 5.17 Å². The molecule has 2 N–H and O–H groups in total. The first-order chi connectivity index (χ1) is 9.40. The van der Waals surface area contributed by atoms with E-state index in [4.69, 9.17) is 5.73 Å². The molecule has 3 spiro atoms. The fourth-order valence-electron chi connectivity index (χ4n) is 8.27. The third kappa shape index (κ3) is 0.528. The summed E-state index contributed by atoms with van der Waals surface area (Å²) in [4.78, 5) is 12.7. The Kier molecular flexibility index (Phi) is 1.23. The summed E-state index contributed by atoms with van der Waals surface area (Å²) in [6, 6.07) is 0. The number of nitrogens with two attached hydrogens (primary N) is 1. The molecule has 4 unspecified atom stereocenters.